The molecular weight excluding hydrogens is 428 g/mol. The second-order valence-corrected chi connectivity index (χ2v) is 11.0. The smallest absolute Gasteiger partial charge is 0.226 e. The van der Waals surface area contributed by atoms with Crippen molar-refractivity contribution < 1.29 is 9.53 Å². The minimum absolute atomic E-state index is 0.00661. The van der Waals surface area contributed by atoms with Crippen LogP contribution in [0.4, 0.5) is 5.82 Å². The number of hydrogen-bond acceptors (Lipinski definition) is 6. The quantitative estimate of drug-likeness (QED) is 0.437. The van der Waals surface area contributed by atoms with Gasteiger partial charge in [0.05, 0.1) is 23.0 Å². The molecule has 1 unspecified atom stereocenters. The van der Waals surface area contributed by atoms with Gasteiger partial charge in [-0.3, -0.25) is 4.79 Å². The molecule has 1 aromatic carbocycles. The molecule has 0 aliphatic carbocycles. The van der Waals surface area contributed by atoms with Crippen LogP contribution in [0.1, 0.15) is 54.1 Å². The van der Waals surface area contributed by atoms with Crippen molar-refractivity contribution in [2.24, 2.45) is 0 Å². The largest absolute Gasteiger partial charge is 0.497 e. The predicted octanol–water partition coefficient (Wildman–Crippen LogP) is 5.63. The minimum Gasteiger partial charge on any atom is -0.497 e. The molecule has 160 valence electrons. The zero-order valence-corrected chi connectivity index (χ0v) is 19.8. The van der Waals surface area contributed by atoms with Crippen LogP contribution in [-0.4, -0.2) is 27.8 Å². The van der Waals surface area contributed by atoms with Crippen LogP contribution in [0.3, 0.4) is 0 Å². The number of benzene rings is 1. The molecule has 1 aliphatic rings. The van der Waals surface area contributed by atoms with Crippen LogP contribution in [0.25, 0.3) is 15.3 Å². The predicted molar refractivity (Wildman–Crippen MR) is 126 cm³/mol. The first-order valence-corrected chi connectivity index (χ1v) is 11.8. The zero-order chi connectivity index (χ0) is 21.9. The lowest BCUT2D eigenvalue weighted by molar-refractivity contribution is -0.116. The molecule has 5 rings (SSSR count). The summed E-state index contributed by atoms with van der Waals surface area (Å²) < 4.78 is 8.13. The van der Waals surface area contributed by atoms with Gasteiger partial charge in [-0.25, -0.2) is 4.98 Å². The summed E-state index contributed by atoms with van der Waals surface area (Å²) >= 11 is 3.32. The molecule has 0 radical (unpaired) electrons. The number of aryl methyl sites for hydroxylation is 1. The third-order valence-electron chi connectivity index (χ3n) is 5.58. The number of ether oxygens (including phenoxy) is 1. The molecule has 0 fully saturated rings. The van der Waals surface area contributed by atoms with Crippen molar-refractivity contribution in [2.45, 2.75) is 45.4 Å². The van der Waals surface area contributed by atoms with Crippen LogP contribution in [0, 0.1) is 6.92 Å². The van der Waals surface area contributed by atoms with E-state index in [1.54, 1.807) is 23.1 Å². The Morgan fingerprint density at radius 3 is 2.71 bits per heavy atom. The second-order valence-electron chi connectivity index (χ2n) is 8.85. The van der Waals surface area contributed by atoms with Crippen LogP contribution in [0.2, 0.25) is 0 Å². The number of thiazole rings is 1. The number of thiophene rings is 1. The Balaban J connectivity index is 1.61. The summed E-state index contributed by atoms with van der Waals surface area (Å²) in [5, 5.41) is 8.58. The van der Waals surface area contributed by atoms with Gasteiger partial charge in [0, 0.05) is 27.7 Å². The van der Waals surface area contributed by atoms with Gasteiger partial charge < -0.3 is 10.1 Å². The maximum absolute atomic E-state index is 12.7. The molecule has 31 heavy (non-hydrogen) atoms. The summed E-state index contributed by atoms with van der Waals surface area (Å²) in [5.74, 6) is 1.54. The Morgan fingerprint density at radius 2 is 2.00 bits per heavy atom. The normalized spacial score (nSPS) is 16.4. The number of anilines is 1. The molecule has 0 bridgehead atoms. The molecule has 1 atom stereocenters. The number of nitrogens with zero attached hydrogens (tertiary/aromatic N) is 3. The lowest BCUT2D eigenvalue weighted by atomic mass is 9.90. The van der Waals surface area contributed by atoms with Crippen molar-refractivity contribution in [1.82, 2.24) is 14.8 Å². The number of fused-ring (bicyclic) bond motifs is 2. The standard InChI is InChI=1S/C23H24N4O2S2/c1-12-20-14(16-8-9-18(30-16)23(2,3)4)11-19(28)25-21(20)27(26-12)22-24-15-7-6-13(29-5)10-17(15)31-22/h6-10,14H,11H2,1-5H3,(H,25,28). The monoisotopic (exact) mass is 452 g/mol. The average Bonchev–Trinajstić information content (AvgIpc) is 3.43. The van der Waals surface area contributed by atoms with Gasteiger partial charge in [-0.1, -0.05) is 32.1 Å². The van der Waals surface area contributed by atoms with Gasteiger partial charge in [0.25, 0.3) is 0 Å². The number of hydrogen-bond donors (Lipinski definition) is 1. The fraction of sp³-hybridized carbons (Fsp3) is 0.348. The van der Waals surface area contributed by atoms with Crippen molar-refractivity contribution in [3.8, 4) is 10.9 Å². The maximum atomic E-state index is 12.7. The van der Waals surface area contributed by atoms with Crippen LogP contribution in [0.5, 0.6) is 5.75 Å². The van der Waals surface area contributed by atoms with Gasteiger partial charge in [0.15, 0.2) is 0 Å². The number of rotatable bonds is 3. The molecule has 8 heteroatoms. The van der Waals surface area contributed by atoms with E-state index in [4.69, 9.17) is 14.8 Å². The zero-order valence-electron chi connectivity index (χ0n) is 18.1. The molecule has 0 spiro atoms. The Morgan fingerprint density at radius 1 is 1.19 bits per heavy atom. The molecule has 4 aromatic rings. The van der Waals surface area contributed by atoms with E-state index in [2.05, 4.69) is 38.2 Å². The second kappa shape index (κ2) is 7.17. The van der Waals surface area contributed by atoms with Crippen molar-refractivity contribution >= 4 is 44.6 Å². The van der Waals surface area contributed by atoms with Crippen molar-refractivity contribution in [1.29, 1.82) is 0 Å². The molecule has 3 aromatic heterocycles. The number of methoxy groups -OCH3 is 1. The van der Waals surface area contributed by atoms with E-state index in [9.17, 15) is 4.79 Å². The van der Waals surface area contributed by atoms with E-state index in [0.29, 0.717) is 6.42 Å². The van der Waals surface area contributed by atoms with Gasteiger partial charge in [-0.15, -0.1) is 11.3 Å². The summed E-state index contributed by atoms with van der Waals surface area (Å²) in [7, 11) is 1.65. The molecule has 4 heterocycles. The number of aromatic nitrogens is 3. The lowest BCUT2D eigenvalue weighted by Crippen LogP contribution is -2.24. The highest BCUT2D eigenvalue weighted by atomic mass is 32.1. The van der Waals surface area contributed by atoms with Crippen LogP contribution >= 0.6 is 22.7 Å². The van der Waals surface area contributed by atoms with Crippen LogP contribution in [0.15, 0.2) is 30.3 Å². The van der Waals surface area contributed by atoms with E-state index in [-0.39, 0.29) is 17.2 Å². The van der Waals surface area contributed by atoms with Gasteiger partial charge >= 0.3 is 0 Å². The van der Waals surface area contributed by atoms with E-state index in [0.717, 1.165) is 38.2 Å². The van der Waals surface area contributed by atoms with Crippen LogP contribution < -0.4 is 10.1 Å². The first-order valence-electron chi connectivity index (χ1n) is 10.2. The van der Waals surface area contributed by atoms with Gasteiger partial charge in [0.2, 0.25) is 11.0 Å². The van der Waals surface area contributed by atoms with E-state index in [1.165, 1.54) is 21.1 Å². The molecule has 1 amide bonds. The Labute approximate surface area is 188 Å². The van der Waals surface area contributed by atoms with Crippen molar-refractivity contribution in [3.63, 3.8) is 0 Å². The molecular formula is C23H24N4O2S2. The van der Waals surface area contributed by atoms with Gasteiger partial charge in [-0.2, -0.15) is 9.78 Å². The molecule has 0 saturated carbocycles. The summed E-state index contributed by atoms with van der Waals surface area (Å²) in [4.78, 5) is 20.0. The van der Waals surface area contributed by atoms with Gasteiger partial charge in [-0.05, 0) is 42.7 Å². The SMILES string of the molecule is COc1ccc2nc(-n3nc(C)c4c3NC(=O)CC4c3ccc(C(C)(C)C)s3)sc2c1. The summed E-state index contributed by atoms with van der Waals surface area (Å²) in [5.41, 5.74) is 2.97. The number of carbonyl (C=O) groups excluding carboxylic acids is 1. The highest BCUT2D eigenvalue weighted by molar-refractivity contribution is 7.20. The average molecular weight is 453 g/mol. The number of nitrogens with one attached hydrogen (secondary N) is 1. The third-order valence-corrected chi connectivity index (χ3v) is 8.20. The number of carbonyl (C=O) groups is 1. The molecule has 1 aliphatic heterocycles. The highest BCUT2D eigenvalue weighted by Crippen LogP contribution is 2.44. The molecule has 0 saturated heterocycles. The van der Waals surface area contributed by atoms with E-state index < -0.39 is 0 Å². The summed E-state index contributed by atoms with van der Waals surface area (Å²) in [6.07, 6.45) is 0.431. The Bertz CT molecular complexity index is 1310. The van der Waals surface area contributed by atoms with E-state index in [1.807, 2.05) is 25.1 Å². The third kappa shape index (κ3) is 3.43. The fourth-order valence-electron chi connectivity index (χ4n) is 3.98. The topological polar surface area (TPSA) is 69.0 Å². The highest BCUT2D eigenvalue weighted by Gasteiger charge is 2.34. The first-order chi connectivity index (χ1) is 14.7. The van der Waals surface area contributed by atoms with E-state index >= 15 is 0 Å². The first kappa shape index (κ1) is 20.2. The maximum Gasteiger partial charge on any atom is 0.226 e. The van der Waals surface area contributed by atoms with Crippen LogP contribution in [-0.2, 0) is 10.2 Å². The Hall–Kier alpha value is -2.71. The lowest BCUT2D eigenvalue weighted by Gasteiger charge is -2.23. The molecule has 6 nitrogen and oxygen atoms in total. The Kier molecular flexibility index (Phi) is 4.67. The minimum atomic E-state index is 0.00661. The summed E-state index contributed by atoms with van der Waals surface area (Å²) in [6, 6.07) is 10.2. The van der Waals surface area contributed by atoms with Gasteiger partial charge in [0.1, 0.15) is 11.6 Å². The van der Waals surface area contributed by atoms with Crippen molar-refractivity contribution in [2.75, 3.05) is 12.4 Å². The number of amides is 1. The summed E-state index contributed by atoms with van der Waals surface area (Å²) in [6.45, 7) is 8.65. The van der Waals surface area contributed by atoms with Crippen molar-refractivity contribution in [3.05, 3.63) is 51.3 Å². The fourth-order valence-corrected chi connectivity index (χ4v) is 6.11. The molecule has 1 N–H and O–H groups in total.